The number of anilines is 2. The average molecular weight is 410 g/mol. The van der Waals surface area contributed by atoms with Crippen molar-refractivity contribution >= 4 is 35.0 Å². The Morgan fingerprint density at radius 3 is 2.83 bits per heavy atom. The van der Waals surface area contributed by atoms with Gasteiger partial charge in [-0.15, -0.1) is 11.3 Å². The molecule has 150 valence electrons. The van der Waals surface area contributed by atoms with Crippen LogP contribution in [-0.2, 0) is 4.79 Å². The fraction of sp³-hybridized carbons (Fsp3) is 0.350. The molecule has 8 nitrogen and oxygen atoms in total. The molecule has 0 spiro atoms. The number of carbonyl (C=O) groups is 1. The summed E-state index contributed by atoms with van der Waals surface area (Å²) < 4.78 is 0. The number of rotatable bonds is 5. The molecule has 0 bridgehead atoms. The van der Waals surface area contributed by atoms with Gasteiger partial charge < -0.3 is 10.2 Å². The third kappa shape index (κ3) is 4.51. The van der Waals surface area contributed by atoms with E-state index in [2.05, 4.69) is 30.5 Å². The summed E-state index contributed by atoms with van der Waals surface area (Å²) in [5.74, 6) is 2.01. The number of aryl methyl sites for hydroxylation is 3. The molecule has 0 unspecified atom stereocenters. The summed E-state index contributed by atoms with van der Waals surface area (Å²) in [6.45, 7) is 6.47. The van der Waals surface area contributed by atoms with E-state index in [1.165, 1.54) is 0 Å². The van der Waals surface area contributed by atoms with Crippen LogP contribution in [0.1, 0.15) is 46.8 Å². The maximum Gasteiger partial charge on any atom is 0.247 e. The molecule has 9 heteroatoms. The van der Waals surface area contributed by atoms with E-state index in [9.17, 15) is 4.79 Å². The maximum atomic E-state index is 12.8. The molecule has 1 amide bonds. The van der Waals surface area contributed by atoms with Gasteiger partial charge in [0.1, 0.15) is 11.6 Å². The highest BCUT2D eigenvalue weighted by molar-refractivity contribution is 7.09. The predicted octanol–water partition coefficient (Wildman–Crippen LogP) is 3.70. The summed E-state index contributed by atoms with van der Waals surface area (Å²) in [6.07, 6.45) is 5.21. The van der Waals surface area contributed by atoms with Crippen LogP contribution in [0.25, 0.3) is 6.08 Å². The van der Waals surface area contributed by atoms with Gasteiger partial charge in [0.05, 0.1) is 22.4 Å². The van der Waals surface area contributed by atoms with E-state index in [1.807, 2.05) is 43.2 Å². The van der Waals surface area contributed by atoms with E-state index in [-0.39, 0.29) is 11.9 Å². The van der Waals surface area contributed by atoms with E-state index in [1.54, 1.807) is 23.5 Å². The molecular formula is C20H23N7OS. The summed E-state index contributed by atoms with van der Waals surface area (Å²) in [4.78, 5) is 28.1. The SMILES string of the molecule is Cc1nc(Nc2cc(C)[nH]n2)cc([C@@H]2CCCN2C(=O)/C=C/c2csc(C)n2)n1. The Kier molecular flexibility index (Phi) is 5.39. The van der Waals surface area contributed by atoms with Crippen molar-refractivity contribution in [2.45, 2.75) is 39.7 Å². The second kappa shape index (κ2) is 8.12. The molecule has 4 rings (SSSR count). The zero-order valence-corrected chi connectivity index (χ0v) is 17.5. The number of hydrogen-bond donors (Lipinski definition) is 2. The minimum absolute atomic E-state index is 0.0214. The molecular weight excluding hydrogens is 386 g/mol. The number of nitrogens with zero attached hydrogens (tertiary/aromatic N) is 5. The lowest BCUT2D eigenvalue weighted by molar-refractivity contribution is -0.126. The zero-order valence-electron chi connectivity index (χ0n) is 16.6. The lowest BCUT2D eigenvalue weighted by Gasteiger charge is -2.23. The first-order valence-corrected chi connectivity index (χ1v) is 10.4. The van der Waals surface area contributed by atoms with E-state index >= 15 is 0 Å². The molecule has 1 saturated heterocycles. The number of nitrogens with one attached hydrogen (secondary N) is 2. The van der Waals surface area contributed by atoms with Gasteiger partial charge in [-0.1, -0.05) is 0 Å². The van der Waals surface area contributed by atoms with Crippen molar-refractivity contribution in [3.8, 4) is 0 Å². The predicted molar refractivity (Wildman–Crippen MR) is 113 cm³/mol. The Hall–Kier alpha value is -3.07. The summed E-state index contributed by atoms with van der Waals surface area (Å²) in [7, 11) is 0. The molecule has 0 aromatic carbocycles. The molecule has 29 heavy (non-hydrogen) atoms. The summed E-state index contributed by atoms with van der Waals surface area (Å²) in [5, 5.41) is 13.2. The van der Waals surface area contributed by atoms with Crippen LogP contribution in [0.5, 0.6) is 0 Å². The monoisotopic (exact) mass is 409 g/mol. The highest BCUT2D eigenvalue weighted by atomic mass is 32.1. The molecule has 0 aliphatic carbocycles. The van der Waals surface area contributed by atoms with Gasteiger partial charge in [-0.3, -0.25) is 9.89 Å². The molecule has 0 saturated carbocycles. The Morgan fingerprint density at radius 2 is 2.10 bits per heavy atom. The molecule has 2 N–H and O–H groups in total. The molecule has 4 heterocycles. The molecule has 1 aliphatic rings. The fourth-order valence-electron chi connectivity index (χ4n) is 3.49. The van der Waals surface area contributed by atoms with E-state index in [0.29, 0.717) is 24.0 Å². The van der Waals surface area contributed by atoms with Crippen molar-refractivity contribution in [1.82, 2.24) is 30.0 Å². The number of aromatic amines is 1. The minimum Gasteiger partial charge on any atom is -0.331 e. The van der Waals surface area contributed by atoms with Crippen LogP contribution >= 0.6 is 11.3 Å². The molecule has 3 aromatic heterocycles. The largest absolute Gasteiger partial charge is 0.331 e. The Morgan fingerprint density at radius 1 is 1.24 bits per heavy atom. The van der Waals surface area contributed by atoms with Crippen LogP contribution in [0.2, 0.25) is 0 Å². The first-order chi connectivity index (χ1) is 14.0. The van der Waals surface area contributed by atoms with E-state index in [4.69, 9.17) is 0 Å². The van der Waals surface area contributed by atoms with Gasteiger partial charge in [0.25, 0.3) is 0 Å². The lowest BCUT2D eigenvalue weighted by atomic mass is 10.1. The Bertz CT molecular complexity index is 1050. The molecule has 1 aliphatic heterocycles. The summed E-state index contributed by atoms with van der Waals surface area (Å²) in [6, 6.07) is 3.75. The van der Waals surface area contributed by atoms with Gasteiger partial charge in [0.2, 0.25) is 5.91 Å². The van der Waals surface area contributed by atoms with Gasteiger partial charge in [0, 0.05) is 35.8 Å². The highest BCUT2D eigenvalue weighted by Crippen LogP contribution is 2.32. The Balaban J connectivity index is 1.53. The lowest BCUT2D eigenvalue weighted by Crippen LogP contribution is -2.29. The van der Waals surface area contributed by atoms with E-state index in [0.717, 1.165) is 34.9 Å². The van der Waals surface area contributed by atoms with E-state index < -0.39 is 0 Å². The fourth-order valence-corrected chi connectivity index (χ4v) is 4.07. The van der Waals surface area contributed by atoms with Gasteiger partial charge in [-0.25, -0.2) is 15.0 Å². The van der Waals surface area contributed by atoms with Crippen LogP contribution in [0.15, 0.2) is 23.6 Å². The van der Waals surface area contributed by atoms with Crippen molar-refractivity contribution in [3.05, 3.63) is 51.5 Å². The highest BCUT2D eigenvalue weighted by Gasteiger charge is 2.30. The molecule has 0 radical (unpaired) electrons. The average Bonchev–Trinajstić information content (AvgIpc) is 3.41. The first kappa shape index (κ1) is 19.3. The Labute approximate surface area is 173 Å². The number of H-pyrrole nitrogens is 1. The first-order valence-electron chi connectivity index (χ1n) is 9.53. The number of carbonyl (C=O) groups excluding carboxylic acids is 1. The molecule has 1 atom stereocenters. The number of thiazole rings is 1. The molecule has 3 aromatic rings. The van der Waals surface area contributed by atoms with Crippen LogP contribution < -0.4 is 5.32 Å². The maximum absolute atomic E-state index is 12.8. The van der Waals surface area contributed by atoms with Gasteiger partial charge in [-0.2, -0.15) is 5.10 Å². The van der Waals surface area contributed by atoms with Gasteiger partial charge >= 0.3 is 0 Å². The van der Waals surface area contributed by atoms with Crippen molar-refractivity contribution in [2.75, 3.05) is 11.9 Å². The number of amides is 1. The minimum atomic E-state index is -0.0625. The topological polar surface area (TPSA) is 99.7 Å². The number of aromatic nitrogens is 5. The second-order valence-electron chi connectivity index (χ2n) is 7.10. The number of likely N-dealkylation sites (tertiary alicyclic amines) is 1. The van der Waals surface area contributed by atoms with Crippen LogP contribution in [0.4, 0.5) is 11.6 Å². The third-order valence-corrected chi connectivity index (χ3v) is 5.52. The molecule has 1 fully saturated rings. The zero-order chi connectivity index (χ0) is 20.4. The van der Waals surface area contributed by atoms with Crippen LogP contribution in [0, 0.1) is 20.8 Å². The standard InChI is InChI=1S/C20H23N7OS/c1-12-9-19(26-25-12)24-18-10-16(21-13(2)22-18)17-5-4-8-27(17)20(28)7-6-15-11-29-14(3)23-15/h6-7,9-11,17H,4-5,8H2,1-3H3,(H2,21,22,24,25,26)/b7-6+/t17-/m0/s1. The third-order valence-electron chi connectivity index (χ3n) is 4.73. The van der Waals surface area contributed by atoms with Crippen LogP contribution in [-0.4, -0.2) is 42.5 Å². The van der Waals surface area contributed by atoms with Gasteiger partial charge in [-0.05, 0) is 39.7 Å². The second-order valence-corrected chi connectivity index (χ2v) is 8.16. The van der Waals surface area contributed by atoms with Crippen molar-refractivity contribution in [1.29, 1.82) is 0 Å². The van der Waals surface area contributed by atoms with Crippen LogP contribution in [0.3, 0.4) is 0 Å². The van der Waals surface area contributed by atoms with Gasteiger partial charge in [0.15, 0.2) is 5.82 Å². The van der Waals surface area contributed by atoms with Crippen molar-refractivity contribution < 1.29 is 4.79 Å². The smallest absolute Gasteiger partial charge is 0.247 e. The number of hydrogen-bond acceptors (Lipinski definition) is 7. The summed E-state index contributed by atoms with van der Waals surface area (Å²) >= 11 is 1.57. The van der Waals surface area contributed by atoms with Crippen molar-refractivity contribution in [2.24, 2.45) is 0 Å². The summed E-state index contributed by atoms with van der Waals surface area (Å²) in [5.41, 5.74) is 2.62. The normalized spacial score (nSPS) is 16.7. The van der Waals surface area contributed by atoms with Crippen molar-refractivity contribution in [3.63, 3.8) is 0 Å². The quantitative estimate of drug-likeness (QED) is 0.623.